The molecule has 1 aliphatic carbocycles. The van der Waals surface area contributed by atoms with Crippen LogP contribution in [0.3, 0.4) is 0 Å². The molecular formula is C31H31Cl2FN2O6S. The summed E-state index contributed by atoms with van der Waals surface area (Å²) in [5.74, 6) is -2.30. The summed E-state index contributed by atoms with van der Waals surface area (Å²) in [6.45, 7) is 1.71. The number of carboxylic acids is 1. The van der Waals surface area contributed by atoms with Gasteiger partial charge in [-0.3, -0.25) is 13.9 Å². The first-order chi connectivity index (χ1) is 20.5. The van der Waals surface area contributed by atoms with E-state index in [4.69, 9.17) is 27.9 Å². The third-order valence-electron chi connectivity index (χ3n) is 7.78. The topological polar surface area (TPSA) is 104 Å². The maximum atomic E-state index is 14.2. The fourth-order valence-corrected chi connectivity index (χ4v) is 7.73. The van der Waals surface area contributed by atoms with Crippen molar-refractivity contribution in [3.8, 4) is 0 Å². The number of hydrogen-bond donors (Lipinski definition) is 1. The van der Waals surface area contributed by atoms with Gasteiger partial charge in [0.15, 0.2) is 0 Å². The fraction of sp³-hybridized carbons (Fsp3) is 0.355. The lowest BCUT2D eigenvalue weighted by Gasteiger charge is -2.48. The summed E-state index contributed by atoms with van der Waals surface area (Å²) in [6, 6.07) is 17.5. The first-order valence-electron chi connectivity index (χ1n) is 14.0. The Hall–Kier alpha value is -3.18. The molecule has 1 N–H and O–H groups in total. The molecule has 1 heterocycles. The zero-order chi connectivity index (χ0) is 30.9. The van der Waals surface area contributed by atoms with Crippen LogP contribution in [0, 0.1) is 5.82 Å². The molecule has 1 aliphatic heterocycles. The molecular weight excluding hydrogens is 618 g/mol. The van der Waals surface area contributed by atoms with Gasteiger partial charge in [0.2, 0.25) is 10.0 Å². The highest BCUT2D eigenvalue weighted by Gasteiger charge is 2.49. The fourth-order valence-electron chi connectivity index (χ4n) is 5.51. The Morgan fingerprint density at radius 1 is 1.05 bits per heavy atom. The lowest BCUT2D eigenvalue weighted by atomic mass is 9.89. The second-order valence-corrected chi connectivity index (χ2v) is 13.8. The molecule has 0 spiro atoms. The lowest BCUT2D eigenvalue weighted by molar-refractivity contribution is -0.183. The molecule has 0 radical (unpaired) electrons. The van der Waals surface area contributed by atoms with Crippen molar-refractivity contribution in [1.82, 2.24) is 4.90 Å². The lowest BCUT2D eigenvalue weighted by Crippen LogP contribution is -2.58. The van der Waals surface area contributed by atoms with Crippen LogP contribution in [-0.4, -0.2) is 54.2 Å². The minimum absolute atomic E-state index is 0.126. The number of nitrogens with zero attached hydrogens (tertiary/aromatic N) is 2. The third-order valence-corrected chi connectivity index (χ3v) is 10.6. The van der Waals surface area contributed by atoms with Crippen LogP contribution in [0.5, 0.6) is 0 Å². The molecule has 12 heteroatoms. The molecule has 1 amide bonds. The number of morpholine rings is 1. The third kappa shape index (κ3) is 6.82. The van der Waals surface area contributed by atoms with E-state index in [1.165, 1.54) is 28.6 Å². The Kier molecular flexibility index (Phi) is 9.31. The number of ether oxygens (including phenoxy) is 1. The normalized spacial score (nSPS) is 21.4. The summed E-state index contributed by atoms with van der Waals surface area (Å²) in [4.78, 5) is 27.6. The molecule has 1 saturated heterocycles. The van der Waals surface area contributed by atoms with Gasteiger partial charge in [-0.2, -0.15) is 0 Å². The Morgan fingerprint density at radius 3 is 2.30 bits per heavy atom. The molecule has 1 saturated carbocycles. The van der Waals surface area contributed by atoms with Crippen molar-refractivity contribution in [2.45, 2.75) is 62.1 Å². The summed E-state index contributed by atoms with van der Waals surface area (Å²) >= 11 is 12.5. The highest BCUT2D eigenvalue weighted by molar-refractivity contribution is 7.93. The smallest absolute Gasteiger partial charge is 0.306 e. The number of rotatable bonds is 11. The first kappa shape index (κ1) is 31.3. The van der Waals surface area contributed by atoms with Crippen LogP contribution in [0.1, 0.15) is 55.9 Å². The molecule has 43 heavy (non-hydrogen) atoms. The van der Waals surface area contributed by atoms with E-state index in [0.717, 1.165) is 0 Å². The second kappa shape index (κ2) is 12.8. The number of carboxylic acid groups (broad SMARTS) is 1. The maximum Gasteiger partial charge on any atom is 0.306 e. The van der Waals surface area contributed by atoms with Gasteiger partial charge in [0, 0.05) is 10.0 Å². The Bertz CT molecular complexity index is 1580. The largest absolute Gasteiger partial charge is 0.481 e. The monoisotopic (exact) mass is 648 g/mol. The Morgan fingerprint density at radius 2 is 1.72 bits per heavy atom. The quantitative estimate of drug-likeness (QED) is 0.258. The average Bonchev–Trinajstić information content (AvgIpc) is 3.82. The van der Waals surface area contributed by atoms with Crippen molar-refractivity contribution >= 4 is 50.8 Å². The number of carbonyl (C=O) groups excluding carboxylic acids is 1. The van der Waals surface area contributed by atoms with Crippen LogP contribution in [-0.2, 0) is 24.3 Å². The van der Waals surface area contributed by atoms with Gasteiger partial charge in [0.05, 0.1) is 36.0 Å². The molecule has 5 rings (SSSR count). The zero-order valence-corrected chi connectivity index (χ0v) is 25.6. The molecule has 2 fully saturated rings. The Labute approximate surface area is 260 Å². The number of amides is 1. The summed E-state index contributed by atoms with van der Waals surface area (Å²) in [7, 11) is -3.83. The molecule has 0 aromatic heterocycles. The number of anilines is 1. The molecule has 3 aromatic rings. The number of sulfonamides is 1. The number of aliphatic carboxylic acids is 1. The van der Waals surface area contributed by atoms with Gasteiger partial charge in [0.1, 0.15) is 18.0 Å². The predicted molar refractivity (Wildman–Crippen MR) is 162 cm³/mol. The highest BCUT2D eigenvalue weighted by Crippen LogP contribution is 2.45. The van der Waals surface area contributed by atoms with Gasteiger partial charge in [-0.05, 0) is 78.9 Å². The van der Waals surface area contributed by atoms with Crippen LogP contribution in [0.15, 0.2) is 72.8 Å². The van der Waals surface area contributed by atoms with Gasteiger partial charge in [0.25, 0.3) is 5.91 Å². The first-order valence-corrected chi connectivity index (χ1v) is 16.2. The summed E-state index contributed by atoms with van der Waals surface area (Å²) in [5.41, 5.74) is 1.56. The van der Waals surface area contributed by atoms with Crippen LogP contribution in [0.2, 0.25) is 10.0 Å². The van der Waals surface area contributed by atoms with Crippen LogP contribution < -0.4 is 4.31 Å². The van der Waals surface area contributed by atoms with Crippen LogP contribution in [0.4, 0.5) is 10.1 Å². The summed E-state index contributed by atoms with van der Waals surface area (Å²) in [5, 5.41) is 10.0. The summed E-state index contributed by atoms with van der Waals surface area (Å²) in [6.07, 6.45) is -1.40. The van der Waals surface area contributed by atoms with E-state index in [1.807, 2.05) is 6.92 Å². The minimum atomic E-state index is -3.83. The second-order valence-electron chi connectivity index (χ2n) is 10.8. The van der Waals surface area contributed by atoms with Gasteiger partial charge in [-0.15, -0.1) is 0 Å². The van der Waals surface area contributed by atoms with E-state index in [-0.39, 0.29) is 12.2 Å². The summed E-state index contributed by atoms with van der Waals surface area (Å²) < 4.78 is 48.8. The standard InChI is InChI=1S/C31H31Cl2FN2O6S/c1-2-24(18-35(43(40,41)26-14-15-26)25-12-10-23(34)11-13-25)36-29(19-6-8-21(32)9-7-19)30(20-4-3-5-22(33)16-20)42-27(31(36)39)17-28(37)38/h3-13,16,24,26-27,29-30H,2,14-15,17-18H2,1H3,(H,37,38)/t24-,27+,29+,30+/m0/s1. The average molecular weight is 650 g/mol. The molecule has 2 aliphatic rings. The van der Waals surface area contributed by atoms with E-state index >= 15 is 0 Å². The number of hydrogen-bond acceptors (Lipinski definition) is 5. The van der Waals surface area contributed by atoms with Crippen molar-refractivity contribution in [1.29, 1.82) is 0 Å². The molecule has 0 unspecified atom stereocenters. The Balaban J connectivity index is 1.64. The van der Waals surface area contributed by atoms with E-state index in [1.54, 1.807) is 53.4 Å². The van der Waals surface area contributed by atoms with E-state index in [9.17, 15) is 27.5 Å². The molecule has 0 bridgehead atoms. The molecule has 228 valence electrons. The van der Waals surface area contributed by atoms with Crippen LogP contribution >= 0.6 is 23.2 Å². The van der Waals surface area contributed by atoms with Gasteiger partial charge in [-0.1, -0.05) is 54.4 Å². The van der Waals surface area contributed by atoms with Gasteiger partial charge in [-0.25, -0.2) is 12.8 Å². The van der Waals surface area contributed by atoms with Gasteiger partial charge >= 0.3 is 5.97 Å². The van der Waals surface area contributed by atoms with Crippen molar-refractivity contribution in [2.24, 2.45) is 0 Å². The van der Waals surface area contributed by atoms with E-state index in [2.05, 4.69) is 0 Å². The van der Waals surface area contributed by atoms with E-state index < -0.39 is 63.7 Å². The molecule has 8 nitrogen and oxygen atoms in total. The number of carbonyl (C=O) groups is 2. The van der Waals surface area contributed by atoms with Crippen molar-refractivity contribution < 1.29 is 32.2 Å². The SMILES string of the molecule is CC[C@@H](CN(c1ccc(F)cc1)S(=O)(=O)C1CC1)N1C(=O)[C@@H](CC(=O)O)O[C@H](c2cccc(Cl)c2)[C@H]1c1ccc(Cl)cc1. The van der Waals surface area contributed by atoms with Crippen molar-refractivity contribution in [3.63, 3.8) is 0 Å². The molecule has 3 aromatic carbocycles. The zero-order valence-electron chi connectivity index (χ0n) is 23.3. The number of halogens is 3. The van der Waals surface area contributed by atoms with Gasteiger partial charge < -0.3 is 14.7 Å². The predicted octanol–water partition coefficient (Wildman–Crippen LogP) is 6.39. The van der Waals surface area contributed by atoms with Crippen LogP contribution in [0.25, 0.3) is 0 Å². The highest BCUT2D eigenvalue weighted by atomic mass is 35.5. The minimum Gasteiger partial charge on any atom is -0.481 e. The number of benzene rings is 3. The van der Waals surface area contributed by atoms with Crippen molar-refractivity contribution in [2.75, 3.05) is 10.8 Å². The molecule has 4 atom stereocenters. The van der Waals surface area contributed by atoms with E-state index in [0.29, 0.717) is 40.4 Å². The maximum absolute atomic E-state index is 14.2. The van der Waals surface area contributed by atoms with Crippen molar-refractivity contribution in [3.05, 3.63) is 99.8 Å².